The number of carbonyl (C=O) groups excluding carboxylic acids is 1. The fourth-order valence-corrected chi connectivity index (χ4v) is 7.72. The second kappa shape index (κ2) is 9.63. The highest BCUT2D eigenvalue weighted by Gasteiger charge is 2.58. The van der Waals surface area contributed by atoms with E-state index < -0.39 is 17.9 Å². The van der Waals surface area contributed by atoms with Gasteiger partial charge in [0, 0.05) is 0 Å². The number of hydrogen-bond donors (Lipinski definition) is 3. The van der Waals surface area contributed by atoms with Crippen molar-refractivity contribution in [2.75, 3.05) is 6.61 Å². The number of carboxylic acid groups (broad SMARTS) is 1. The Labute approximate surface area is 203 Å². The first kappa shape index (κ1) is 25.2. The first-order valence-electron chi connectivity index (χ1n) is 13.1. The summed E-state index contributed by atoms with van der Waals surface area (Å²) in [7, 11) is 0. The number of carbonyl (C=O) groups is 2. The minimum atomic E-state index is -1.03. The molecular weight excluding hydrogens is 432 g/mol. The maximum atomic E-state index is 12.2. The van der Waals surface area contributed by atoms with Crippen LogP contribution in [0.3, 0.4) is 0 Å². The standard InChI is InChI=1S/C27H42N2O5/c1-16(2)13-22(25(32)33)28-24(31)15-34-29-18-9-11-26(3)17(14-18)5-6-19-20-7-8-23(30)27(20,4)12-10-21(19)26/h14,16,19-23,30H,5-13,15H2,1-4H3,(H,28,31)(H,32,33)/b29-18+/t19?,20?,21?,22?,23?,26-,27-/m1/s1. The monoisotopic (exact) mass is 474 g/mol. The van der Waals surface area contributed by atoms with Gasteiger partial charge < -0.3 is 20.4 Å². The predicted octanol–water partition coefficient (Wildman–Crippen LogP) is 4.30. The predicted molar refractivity (Wildman–Crippen MR) is 130 cm³/mol. The van der Waals surface area contributed by atoms with Crippen LogP contribution in [0.1, 0.15) is 85.5 Å². The maximum Gasteiger partial charge on any atom is 0.326 e. The van der Waals surface area contributed by atoms with Crippen molar-refractivity contribution >= 4 is 17.6 Å². The molecule has 0 radical (unpaired) electrons. The molecular formula is C27H42N2O5. The van der Waals surface area contributed by atoms with E-state index in [0.29, 0.717) is 24.2 Å². The normalized spacial score (nSPS) is 39.0. The summed E-state index contributed by atoms with van der Waals surface area (Å²) < 4.78 is 0. The van der Waals surface area contributed by atoms with Gasteiger partial charge in [-0.15, -0.1) is 0 Å². The van der Waals surface area contributed by atoms with Crippen molar-refractivity contribution < 1.29 is 24.6 Å². The number of hydrogen-bond acceptors (Lipinski definition) is 5. The lowest BCUT2D eigenvalue weighted by atomic mass is 9.47. The molecule has 1 amide bonds. The highest BCUT2D eigenvalue weighted by molar-refractivity contribution is 5.96. The minimum absolute atomic E-state index is 0.100. The summed E-state index contributed by atoms with van der Waals surface area (Å²) in [5.41, 5.74) is 2.60. The fourth-order valence-electron chi connectivity index (χ4n) is 7.72. The molecule has 7 atom stereocenters. The topological polar surface area (TPSA) is 108 Å². The fraction of sp³-hybridized carbons (Fsp3) is 0.815. The van der Waals surface area contributed by atoms with E-state index in [4.69, 9.17) is 4.84 Å². The van der Waals surface area contributed by atoms with Crippen LogP contribution >= 0.6 is 0 Å². The molecule has 0 bridgehead atoms. The van der Waals surface area contributed by atoms with Crippen LogP contribution in [0.4, 0.5) is 0 Å². The van der Waals surface area contributed by atoms with Gasteiger partial charge in [0.1, 0.15) is 6.04 Å². The third-order valence-corrected chi connectivity index (χ3v) is 9.65. The van der Waals surface area contributed by atoms with E-state index in [-0.39, 0.29) is 29.5 Å². The van der Waals surface area contributed by atoms with Crippen LogP contribution in [-0.4, -0.2) is 46.6 Å². The Morgan fingerprint density at radius 2 is 1.91 bits per heavy atom. The van der Waals surface area contributed by atoms with Crippen molar-refractivity contribution in [3.8, 4) is 0 Å². The smallest absolute Gasteiger partial charge is 0.326 e. The number of rotatable bonds is 7. The lowest BCUT2D eigenvalue weighted by molar-refractivity contribution is -0.143. The van der Waals surface area contributed by atoms with E-state index in [2.05, 4.69) is 30.4 Å². The van der Waals surface area contributed by atoms with Gasteiger partial charge in [-0.2, -0.15) is 0 Å². The maximum absolute atomic E-state index is 12.2. The Hall–Kier alpha value is -1.89. The lowest BCUT2D eigenvalue weighted by Crippen LogP contribution is -2.51. The number of aliphatic hydroxyl groups is 1. The molecule has 4 aliphatic rings. The molecule has 0 saturated heterocycles. The summed E-state index contributed by atoms with van der Waals surface area (Å²) in [5.74, 6) is 0.674. The Morgan fingerprint density at radius 3 is 2.62 bits per heavy atom. The number of nitrogens with zero attached hydrogens (tertiary/aromatic N) is 1. The van der Waals surface area contributed by atoms with Crippen molar-refractivity contribution in [3.63, 3.8) is 0 Å². The summed E-state index contributed by atoms with van der Waals surface area (Å²) in [6.07, 6.45) is 11.0. The molecule has 7 heteroatoms. The van der Waals surface area contributed by atoms with Crippen molar-refractivity contribution in [2.45, 2.75) is 97.6 Å². The van der Waals surface area contributed by atoms with Crippen LogP contribution in [0.2, 0.25) is 0 Å². The SMILES string of the molecule is CC(C)CC(NC(=O)CO/N=C1/C=C2CCC3C4CCC(O)[C@]4(C)CCC3[C@]2(C)CC1)C(=O)O. The molecule has 4 rings (SSSR count). The number of aliphatic carboxylic acids is 1. The van der Waals surface area contributed by atoms with Crippen LogP contribution in [0.5, 0.6) is 0 Å². The molecule has 3 fully saturated rings. The second-order valence-corrected chi connectivity index (χ2v) is 12.1. The van der Waals surface area contributed by atoms with E-state index in [1.165, 1.54) is 18.4 Å². The van der Waals surface area contributed by atoms with Gasteiger partial charge in [-0.3, -0.25) is 4.79 Å². The highest BCUT2D eigenvalue weighted by Crippen LogP contribution is 2.65. The number of oxime groups is 1. The van der Waals surface area contributed by atoms with E-state index >= 15 is 0 Å². The number of allylic oxidation sites excluding steroid dienone is 2. The number of aliphatic hydroxyl groups excluding tert-OH is 1. The van der Waals surface area contributed by atoms with Crippen molar-refractivity contribution in [1.82, 2.24) is 5.32 Å². The lowest BCUT2D eigenvalue weighted by Gasteiger charge is -2.57. The quantitative estimate of drug-likeness (QED) is 0.477. The van der Waals surface area contributed by atoms with Gasteiger partial charge in [-0.1, -0.05) is 38.4 Å². The second-order valence-electron chi connectivity index (χ2n) is 12.1. The first-order valence-corrected chi connectivity index (χ1v) is 13.1. The van der Waals surface area contributed by atoms with E-state index in [1.807, 2.05) is 13.8 Å². The van der Waals surface area contributed by atoms with Gasteiger partial charge in [-0.05, 0) is 98.4 Å². The van der Waals surface area contributed by atoms with Crippen LogP contribution < -0.4 is 5.32 Å². The van der Waals surface area contributed by atoms with Gasteiger partial charge in [0.05, 0.1) is 11.8 Å². The number of amides is 1. The minimum Gasteiger partial charge on any atom is -0.480 e. The third kappa shape index (κ3) is 4.65. The number of fused-ring (bicyclic) bond motifs is 5. The average Bonchev–Trinajstić information content (AvgIpc) is 3.07. The highest BCUT2D eigenvalue weighted by atomic mass is 16.6. The molecule has 5 unspecified atom stereocenters. The summed E-state index contributed by atoms with van der Waals surface area (Å²) in [5, 5.41) is 26.7. The molecule has 3 saturated carbocycles. The Bertz CT molecular complexity index is 867. The molecule has 190 valence electrons. The van der Waals surface area contributed by atoms with Gasteiger partial charge in [-0.25, -0.2) is 4.79 Å². The van der Waals surface area contributed by atoms with Crippen molar-refractivity contribution in [1.29, 1.82) is 0 Å². The summed E-state index contributed by atoms with van der Waals surface area (Å²) >= 11 is 0. The van der Waals surface area contributed by atoms with Crippen LogP contribution in [0.15, 0.2) is 16.8 Å². The van der Waals surface area contributed by atoms with Gasteiger partial charge in [0.15, 0.2) is 6.61 Å². The van der Waals surface area contributed by atoms with Gasteiger partial charge in [0.2, 0.25) is 0 Å². The summed E-state index contributed by atoms with van der Waals surface area (Å²) in [4.78, 5) is 28.8. The molecule has 0 heterocycles. The molecule has 0 aliphatic heterocycles. The van der Waals surface area contributed by atoms with E-state index in [0.717, 1.165) is 44.2 Å². The van der Waals surface area contributed by atoms with Crippen molar-refractivity contribution in [3.05, 3.63) is 11.6 Å². The molecule has 0 aromatic heterocycles. The first-order chi connectivity index (χ1) is 16.0. The molecule has 7 nitrogen and oxygen atoms in total. The zero-order valence-electron chi connectivity index (χ0n) is 21.2. The average molecular weight is 475 g/mol. The summed E-state index contributed by atoms with van der Waals surface area (Å²) in [6, 6.07) is -0.908. The van der Waals surface area contributed by atoms with Gasteiger partial charge in [0.25, 0.3) is 5.91 Å². The Morgan fingerprint density at radius 1 is 1.15 bits per heavy atom. The molecule has 0 aromatic carbocycles. The largest absolute Gasteiger partial charge is 0.480 e. The third-order valence-electron chi connectivity index (χ3n) is 9.65. The number of nitrogens with one attached hydrogen (secondary N) is 1. The van der Waals surface area contributed by atoms with Crippen LogP contribution in [0.25, 0.3) is 0 Å². The number of carboxylic acids is 1. The van der Waals surface area contributed by atoms with Gasteiger partial charge >= 0.3 is 5.97 Å². The Balaban J connectivity index is 1.37. The van der Waals surface area contributed by atoms with E-state index in [1.54, 1.807) is 0 Å². The molecule has 34 heavy (non-hydrogen) atoms. The zero-order valence-corrected chi connectivity index (χ0v) is 21.2. The van der Waals surface area contributed by atoms with Crippen LogP contribution in [-0.2, 0) is 14.4 Å². The van der Waals surface area contributed by atoms with E-state index in [9.17, 15) is 19.8 Å². The summed E-state index contributed by atoms with van der Waals surface area (Å²) in [6.45, 7) is 8.31. The van der Waals surface area contributed by atoms with Crippen molar-refractivity contribution in [2.24, 2.45) is 39.7 Å². The molecule has 0 aromatic rings. The molecule has 4 aliphatic carbocycles. The van der Waals surface area contributed by atoms with Crippen LogP contribution in [0, 0.1) is 34.5 Å². The Kier molecular flexibility index (Phi) is 7.14. The molecule has 0 spiro atoms. The molecule has 3 N–H and O–H groups in total. The zero-order chi connectivity index (χ0) is 24.7.